The average Bonchev–Trinajstić information content (AvgIpc) is 3.47. The molecule has 2 atom stereocenters. The van der Waals surface area contributed by atoms with E-state index in [0.717, 1.165) is 14.9 Å². The van der Waals surface area contributed by atoms with Crippen molar-refractivity contribution >= 4 is 77.5 Å². The first-order valence-corrected chi connectivity index (χ1v) is 22.3. The van der Waals surface area contributed by atoms with E-state index in [9.17, 15) is 4.79 Å². The van der Waals surface area contributed by atoms with Crippen LogP contribution in [0.4, 0.5) is 43.7 Å². The molecule has 2 unspecified atom stereocenters. The van der Waals surface area contributed by atoms with Crippen molar-refractivity contribution in [2.45, 2.75) is 12.3 Å². The van der Waals surface area contributed by atoms with Gasteiger partial charge in [0.2, 0.25) is 12.3 Å². The first-order chi connectivity index (χ1) is 30.4. The summed E-state index contributed by atoms with van der Waals surface area (Å²) in [5, 5.41) is 5.40. The zero-order valence-corrected chi connectivity index (χ0v) is 35.9. The third-order valence-electron chi connectivity index (χ3n) is 10.6. The van der Waals surface area contributed by atoms with Crippen LogP contribution in [0, 0.1) is 0 Å². The summed E-state index contributed by atoms with van der Waals surface area (Å²) in [6.45, 7) is 4.06. The number of urea groups is 2. The number of anilines is 6. The fraction of sp³-hybridized carbons (Fsp3) is 0.125. The molecule has 63 heavy (non-hydrogen) atoms. The van der Waals surface area contributed by atoms with Gasteiger partial charge in [0.05, 0.1) is 34.2 Å². The van der Waals surface area contributed by atoms with E-state index < -0.39 is 44.3 Å². The highest BCUT2D eigenvalue weighted by Crippen LogP contribution is 2.36. The standard InChI is InChI=1S/C48H45N10O4P/c1-54-39-27-13-11-25-37(39)41(31-17-7-5-8-18-31)51-43(45(54)59)56(44-46(60)55(2)40-28-14-12-26-38(40)42(52-44)32-19-9-6-10-20-32)48(62)58(35-23-15-21-33(49)29-35)57(47(50)61)36-24-16-22-34(30-36)53-63(3)4/h5-30,43-44,53H,49H2,1-4H3,(H2,50,61). The van der Waals surface area contributed by atoms with Gasteiger partial charge in [0.15, 0.2) is 0 Å². The largest absolute Gasteiger partial charge is 0.399 e. The molecule has 0 bridgehead atoms. The lowest BCUT2D eigenvalue weighted by atomic mass is 10.0. The first-order valence-electron chi connectivity index (χ1n) is 20.0. The Morgan fingerprint density at radius 1 is 0.603 bits per heavy atom. The van der Waals surface area contributed by atoms with E-state index in [1.807, 2.05) is 116 Å². The molecule has 15 heteroatoms. The summed E-state index contributed by atoms with van der Waals surface area (Å²) in [6.07, 6.45) is -3.52. The number of fused-ring (bicyclic) bond motifs is 2. The number of nitrogens with one attached hydrogen (secondary N) is 1. The molecule has 0 aromatic heterocycles. The van der Waals surface area contributed by atoms with E-state index >= 15 is 14.4 Å². The van der Waals surface area contributed by atoms with Gasteiger partial charge in [0, 0.05) is 47.7 Å². The maximum atomic E-state index is 16.4. The fourth-order valence-electron chi connectivity index (χ4n) is 7.75. The summed E-state index contributed by atoms with van der Waals surface area (Å²) in [6, 6.07) is 44.2. The van der Waals surface area contributed by atoms with Crippen LogP contribution < -0.4 is 36.4 Å². The zero-order chi connectivity index (χ0) is 44.4. The van der Waals surface area contributed by atoms with Gasteiger partial charge in [-0.3, -0.25) is 14.5 Å². The number of amides is 6. The van der Waals surface area contributed by atoms with Crippen LogP contribution >= 0.6 is 8.07 Å². The van der Waals surface area contributed by atoms with E-state index in [1.165, 1.54) is 15.9 Å². The number of hydrazine groups is 1. The molecular formula is C48H45N10O4P. The van der Waals surface area contributed by atoms with Gasteiger partial charge in [0.25, 0.3) is 11.8 Å². The van der Waals surface area contributed by atoms with Crippen LogP contribution in [0.3, 0.4) is 0 Å². The van der Waals surface area contributed by atoms with Crippen molar-refractivity contribution < 1.29 is 19.2 Å². The second-order valence-electron chi connectivity index (χ2n) is 15.1. The minimum Gasteiger partial charge on any atom is -0.399 e. The van der Waals surface area contributed by atoms with E-state index in [4.69, 9.17) is 21.5 Å². The van der Waals surface area contributed by atoms with Crippen LogP contribution in [-0.4, -0.2) is 80.0 Å². The van der Waals surface area contributed by atoms with Crippen molar-refractivity contribution in [2.24, 2.45) is 15.7 Å². The third-order valence-corrected chi connectivity index (χ3v) is 11.3. The fourth-order valence-corrected chi connectivity index (χ4v) is 8.41. The lowest BCUT2D eigenvalue weighted by Crippen LogP contribution is -2.64. The van der Waals surface area contributed by atoms with E-state index in [0.29, 0.717) is 50.7 Å². The number of carbonyl (C=O) groups is 4. The molecule has 0 spiro atoms. The van der Waals surface area contributed by atoms with Gasteiger partial charge in [-0.25, -0.2) is 19.6 Å². The van der Waals surface area contributed by atoms with Crippen molar-refractivity contribution in [3.05, 3.63) is 180 Å². The number of aliphatic imine (C=N–C) groups is 2. The molecule has 14 nitrogen and oxygen atoms in total. The first kappa shape index (κ1) is 41.9. The average molecular weight is 857 g/mol. The molecule has 2 heterocycles. The second kappa shape index (κ2) is 17.6. The third kappa shape index (κ3) is 8.19. The molecule has 0 saturated carbocycles. The Bertz CT molecular complexity index is 2660. The Balaban J connectivity index is 1.44. The molecule has 0 radical (unpaired) electrons. The monoisotopic (exact) mass is 856 g/mol. The summed E-state index contributed by atoms with van der Waals surface area (Å²) in [7, 11) is 2.54. The number of likely N-dealkylation sites (N-methyl/N-ethyl adjacent to an activating group) is 2. The van der Waals surface area contributed by atoms with E-state index in [2.05, 4.69) is 5.09 Å². The predicted octanol–water partition coefficient (Wildman–Crippen LogP) is 7.75. The number of benzene rings is 6. The molecule has 6 amide bonds. The summed E-state index contributed by atoms with van der Waals surface area (Å²) >= 11 is 0. The second-order valence-corrected chi connectivity index (χ2v) is 17.1. The number of hydrogen-bond acceptors (Lipinski definition) is 8. The van der Waals surface area contributed by atoms with Crippen LogP contribution in [0.5, 0.6) is 0 Å². The van der Waals surface area contributed by atoms with Crippen molar-refractivity contribution in [1.82, 2.24) is 4.90 Å². The number of nitrogens with two attached hydrogens (primary N) is 2. The van der Waals surface area contributed by atoms with Crippen molar-refractivity contribution in [3.8, 4) is 0 Å². The Morgan fingerprint density at radius 2 is 1.06 bits per heavy atom. The molecule has 316 valence electrons. The Kier molecular flexibility index (Phi) is 11.7. The van der Waals surface area contributed by atoms with Gasteiger partial charge in [-0.2, -0.15) is 10.0 Å². The minimum atomic E-state index is -1.76. The Hall–Kier alpha value is -7.83. The summed E-state index contributed by atoms with van der Waals surface area (Å²) in [4.78, 5) is 75.3. The quantitative estimate of drug-likeness (QED) is 0.0802. The lowest BCUT2D eigenvalue weighted by molar-refractivity contribution is -0.127. The number of hydrogen-bond donors (Lipinski definition) is 3. The molecule has 6 aromatic carbocycles. The van der Waals surface area contributed by atoms with Gasteiger partial charge < -0.3 is 26.4 Å². The highest BCUT2D eigenvalue weighted by molar-refractivity contribution is 7.57. The number of benzodiazepines with no additional fused rings is 2. The summed E-state index contributed by atoms with van der Waals surface area (Å²) in [5.74, 6) is -1.31. The smallest absolute Gasteiger partial charge is 0.348 e. The van der Waals surface area contributed by atoms with Crippen LogP contribution in [0.25, 0.3) is 0 Å². The molecule has 2 aliphatic rings. The molecule has 8 rings (SSSR count). The minimum absolute atomic E-state index is 0.102. The molecule has 0 saturated heterocycles. The van der Waals surface area contributed by atoms with E-state index in [-0.39, 0.29) is 17.1 Å². The van der Waals surface area contributed by atoms with Gasteiger partial charge in [0.1, 0.15) is 0 Å². The number of para-hydroxylation sites is 2. The number of nitrogen functional groups attached to an aromatic ring is 1. The normalized spacial score (nSPS) is 15.9. The van der Waals surface area contributed by atoms with Crippen LogP contribution in [0.2, 0.25) is 0 Å². The predicted molar refractivity (Wildman–Crippen MR) is 253 cm³/mol. The Labute approximate surface area is 366 Å². The number of carbonyl (C=O) groups excluding carboxylic acids is 4. The summed E-state index contributed by atoms with van der Waals surface area (Å²) < 4.78 is 0. The van der Waals surface area contributed by atoms with Gasteiger partial charge in [-0.15, -0.1) is 0 Å². The number of nitrogens with zero attached hydrogens (tertiary/aromatic N) is 7. The van der Waals surface area contributed by atoms with Crippen molar-refractivity contribution in [3.63, 3.8) is 0 Å². The SMILES string of the molecule is CN1C(=O)C(N(C(=O)N(c2cccc(N)c2)N(C(N)=O)c2cccc(NP(C)C)c2)C2N=C(c3ccccc3)c3ccccc3N(C)C2=O)N=C(c2ccccc2)c2ccccc21. The maximum Gasteiger partial charge on any atom is 0.348 e. The molecule has 0 fully saturated rings. The molecule has 6 aromatic rings. The van der Waals surface area contributed by atoms with Gasteiger partial charge in [-0.05, 0) is 69.9 Å². The highest BCUT2D eigenvalue weighted by atomic mass is 31.1. The molecule has 5 N–H and O–H groups in total. The zero-order valence-electron chi connectivity index (χ0n) is 35.0. The van der Waals surface area contributed by atoms with Gasteiger partial charge >= 0.3 is 12.1 Å². The van der Waals surface area contributed by atoms with E-state index in [1.54, 1.807) is 62.6 Å². The molecule has 0 aliphatic carbocycles. The van der Waals surface area contributed by atoms with Gasteiger partial charge in [-0.1, -0.05) is 109 Å². The maximum absolute atomic E-state index is 16.4. The topological polar surface area (TPSA) is 173 Å². The van der Waals surface area contributed by atoms with Crippen LogP contribution in [-0.2, 0) is 9.59 Å². The molecule has 2 aliphatic heterocycles. The molecular weight excluding hydrogens is 812 g/mol. The van der Waals surface area contributed by atoms with Crippen molar-refractivity contribution in [2.75, 3.05) is 58.1 Å². The van der Waals surface area contributed by atoms with Crippen LogP contribution in [0.15, 0.2) is 168 Å². The van der Waals surface area contributed by atoms with Crippen molar-refractivity contribution in [1.29, 1.82) is 0 Å². The number of primary amides is 1. The highest BCUT2D eigenvalue weighted by Gasteiger charge is 2.48. The summed E-state index contributed by atoms with van der Waals surface area (Å²) in [5.41, 5.74) is 18.2. The van der Waals surface area contributed by atoms with Crippen LogP contribution in [0.1, 0.15) is 22.3 Å². The Morgan fingerprint density at radius 3 is 1.54 bits per heavy atom. The lowest BCUT2D eigenvalue weighted by Gasteiger charge is -2.41. The number of rotatable bonds is 8.